The van der Waals surface area contributed by atoms with Crippen molar-refractivity contribution >= 4 is 12.6 Å². The van der Waals surface area contributed by atoms with Crippen LogP contribution in [0.4, 0.5) is 0 Å². The summed E-state index contributed by atoms with van der Waals surface area (Å²) in [6, 6.07) is 0. The molecule has 60 valence electrons. The van der Waals surface area contributed by atoms with Gasteiger partial charge in [-0.2, -0.15) is 12.6 Å². The molecule has 0 bridgehead atoms. The van der Waals surface area contributed by atoms with Gasteiger partial charge in [-0.3, -0.25) is 4.90 Å². The predicted molar refractivity (Wildman–Crippen MR) is 48.5 cm³/mol. The van der Waals surface area contributed by atoms with E-state index in [-0.39, 0.29) is 0 Å². The van der Waals surface area contributed by atoms with E-state index in [1.165, 1.54) is 38.8 Å². The number of likely N-dealkylation sites (tertiary alicyclic amines) is 1. The molecule has 1 nitrogen and oxygen atoms in total. The van der Waals surface area contributed by atoms with Crippen molar-refractivity contribution in [2.75, 3.05) is 13.1 Å². The first-order valence-electron chi connectivity index (χ1n) is 4.26. The Kier molecular flexibility index (Phi) is 3.57. The molecule has 0 saturated carbocycles. The monoisotopic (exact) mass is 159 g/mol. The zero-order chi connectivity index (χ0) is 7.40. The Bertz CT molecular complexity index is 89.3. The molecule has 2 heteroatoms. The number of piperidine rings is 1. The maximum atomic E-state index is 4.50. The molecule has 0 spiro atoms. The molecule has 0 aromatic rings. The smallest absolute Gasteiger partial charge is 0.0524 e. The fraction of sp³-hybridized carbons (Fsp3) is 1.00. The molecule has 0 aromatic carbocycles. The summed E-state index contributed by atoms with van der Waals surface area (Å²) in [4.78, 5) is 2.48. The molecule has 1 fully saturated rings. The molecule has 1 aliphatic rings. The molecule has 1 rings (SSSR count). The lowest BCUT2D eigenvalue weighted by molar-refractivity contribution is 0.211. The number of nitrogens with zero attached hydrogens (tertiary/aromatic N) is 1. The third kappa shape index (κ3) is 2.17. The Labute approximate surface area is 69.2 Å². The van der Waals surface area contributed by atoms with E-state index in [1.807, 2.05) is 0 Å². The van der Waals surface area contributed by atoms with E-state index >= 15 is 0 Å². The Hall–Kier alpha value is 0.310. The average Bonchev–Trinajstić information content (AvgIpc) is 2.05. The summed E-state index contributed by atoms with van der Waals surface area (Å²) in [5.41, 5.74) is 0. The standard InChI is InChI=1S/C8H17NS/c1-2-8(10)9-6-4-3-5-7-9/h8,10H,2-7H2,1H3. The van der Waals surface area contributed by atoms with E-state index in [0.717, 1.165) is 0 Å². The van der Waals surface area contributed by atoms with Gasteiger partial charge in [0.15, 0.2) is 0 Å². The van der Waals surface area contributed by atoms with Crippen LogP contribution in [-0.2, 0) is 0 Å². The van der Waals surface area contributed by atoms with Crippen molar-refractivity contribution in [2.24, 2.45) is 0 Å². The van der Waals surface area contributed by atoms with Crippen molar-refractivity contribution < 1.29 is 0 Å². The summed E-state index contributed by atoms with van der Waals surface area (Å²) in [6.07, 6.45) is 5.33. The molecule has 10 heavy (non-hydrogen) atoms. The SMILES string of the molecule is CCC(S)N1CCCCC1. The molecule has 1 atom stereocenters. The van der Waals surface area contributed by atoms with Gasteiger partial charge >= 0.3 is 0 Å². The maximum absolute atomic E-state index is 4.50. The van der Waals surface area contributed by atoms with Gasteiger partial charge in [-0.1, -0.05) is 13.3 Å². The van der Waals surface area contributed by atoms with Crippen LogP contribution in [0, 0.1) is 0 Å². The van der Waals surface area contributed by atoms with Gasteiger partial charge in [0, 0.05) is 0 Å². The maximum Gasteiger partial charge on any atom is 0.0524 e. The van der Waals surface area contributed by atoms with Crippen molar-refractivity contribution in [3.8, 4) is 0 Å². The second kappa shape index (κ2) is 4.24. The molecule has 1 heterocycles. The van der Waals surface area contributed by atoms with Crippen molar-refractivity contribution in [3.63, 3.8) is 0 Å². The van der Waals surface area contributed by atoms with Gasteiger partial charge < -0.3 is 0 Å². The van der Waals surface area contributed by atoms with Crippen LogP contribution in [0.2, 0.25) is 0 Å². The normalized spacial score (nSPS) is 24.6. The zero-order valence-electron chi connectivity index (χ0n) is 6.71. The van der Waals surface area contributed by atoms with E-state index in [1.54, 1.807) is 0 Å². The quantitative estimate of drug-likeness (QED) is 0.604. The van der Waals surface area contributed by atoms with Crippen LogP contribution >= 0.6 is 12.6 Å². The molecular weight excluding hydrogens is 142 g/mol. The summed E-state index contributed by atoms with van der Waals surface area (Å²) >= 11 is 4.50. The third-order valence-corrected chi connectivity index (χ3v) is 2.87. The van der Waals surface area contributed by atoms with Gasteiger partial charge in [0.2, 0.25) is 0 Å². The Balaban J connectivity index is 2.24. The summed E-state index contributed by atoms with van der Waals surface area (Å²) in [5, 5.41) is 0.514. The second-order valence-corrected chi connectivity index (χ2v) is 3.58. The number of thiol groups is 1. The van der Waals surface area contributed by atoms with Gasteiger partial charge in [-0.25, -0.2) is 0 Å². The molecule has 0 amide bonds. The Morgan fingerprint density at radius 2 is 1.90 bits per heavy atom. The summed E-state index contributed by atoms with van der Waals surface area (Å²) in [5.74, 6) is 0. The van der Waals surface area contributed by atoms with Crippen LogP contribution in [-0.4, -0.2) is 23.4 Å². The molecule has 0 radical (unpaired) electrons. The summed E-state index contributed by atoms with van der Waals surface area (Å²) in [6.45, 7) is 4.73. The lowest BCUT2D eigenvalue weighted by Crippen LogP contribution is -2.35. The highest BCUT2D eigenvalue weighted by atomic mass is 32.1. The van der Waals surface area contributed by atoms with Gasteiger partial charge in [0.1, 0.15) is 0 Å². The van der Waals surface area contributed by atoms with Crippen LogP contribution in [0.3, 0.4) is 0 Å². The first kappa shape index (κ1) is 8.41. The van der Waals surface area contributed by atoms with E-state index < -0.39 is 0 Å². The molecule has 0 N–H and O–H groups in total. The lowest BCUT2D eigenvalue weighted by Gasteiger charge is -2.30. The van der Waals surface area contributed by atoms with Crippen LogP contribution in [0.15, 0.2) is 0 Å². The predicted octanol–water partition coefficient (Wildman–Crippen LogP) is 2.14. The van der Waals surface area contributed by atoms with Gasteiger partial charge in [0.05, 0.1) is 5.37 Å². The van der Waals surface area contributed by atoms with Gasteiger partial charge in [-0.05, 0) is 32.4 Å². The van der Waals surface area contributed by atoms with Crippen molar-refractivity contribution in [2.45, 2.75) is 38.0 Å². The van der Waals surface area contributed by atoms with Gasteiger partial charge in [0.25, 0.3) is 0 Å². The van der Waals surface area contributed by atoms with Crippen LogP contribution < -0.4 is 0 Å². The highest BCUT2D eigenvalue weighted by Gasteiger charge is 2.14. The lowest BCUT2D eigenvalue weighted by atomic mass is 10.1. The topological polar surface area (TPSA) is 3.24 Å². The molecular formula is C8H17NS. The van der Waals surface area contributed by atoms with Crippen LogP contribution in [0.1, 0.15) is 32.6 Å². The Morgan fingerprint density at radius 3 is 2.40 bits per heavy atom. The zero-order valence-corrected chi connectivity index (χ0v) is 7.61. The molecule has 1 aliphatic heterocycles. The summed E-state index contributed by atoms with van der Waals surface area (Å²) < 4.78 is 0. The Morgan fingerprint density at radius 1 is 1.30 bits per heavy atom. The van der Waals surface area contributed by atoms with Crippen LogP contribution in [0.25, 0.3) is 0 Å². The number of hydrogen-bond acceptors (Lipinski definition) is 2. The van der Waals surface area contributed by atoms with E-state index in [0.29, 0.717) is 5.37 Å². The molecule has 1 unspecified atom stereocenters. The largest absolute Gasteiger partial charge is 0.292 e. The first-order valence-corrected chi connectivity index (χ1v) is 4.78. The van der Waals surface area contributed by atoms with Crippen LogP contribution in [0.5, 0.6) is 0 Å². The minimum atomic E-state index is 0.514. The highest BCUT2D eigenvalue weighted by Crippen LogP contribution is 2.15. The van der Waals surface area contributed by atoms with Crippen molar-refractivity contribution in [1.82, 2.24) is 4.90 Å². The molecule has 0 aliphatic carbocycles. The van der Waals surface area contributed by atoms with Gasteiger partial charge in [-0.15, -0.1) is 0 Å². The fourth-order valence-corrected chi connectivity index (χ4v) is 1.71. The molecule has 0 aromatic heterocycles. The second-order valence-electron chi connectivity index (χ2n) is 2.99. The van der Waals surface area contributed by atoms with E-state index in [4.69, 9.17) is 0 Å². The first-order chi connectivity index (χ1) is 4.84. The minimum absolute atomic E-state index is 0.514. The van der Waals surface area contributed by atoms with E-state index in [2.05, 4.69) is 24.5 Å². The minimum Gasteiger partial charge on any atom is -0.292 e. The van der Waals surface area contributed by atoms with E-state index in [9.17, 15) is 0 Å². The summed E-state index contributed by atoms with van der Waals surface area (Å²) in [7, 11) is 0. The fourth-order valence-electron chi connectivity index (χ4n) is 1.47. The number of hydrogen-bond donors (Lipinski definition) is 1. The number of rotatable bonds is 2. The molecule has 1 saturated heterocycles. The third-order valence-electron chi connectivity index (χ3n) is 2.18. The van der Waals surface area contributed by atoms with Crippen molar-refractivity contribution in [3.05, 3.63) is 0 Å². The van der Waals surface area contributed by atoms with Crippen molar-refractivity contribution in [1.29, 1.82) is 0 Å². The highest BCUT2D eigenvalue weighted by molar-refractivity contribution is 7.80. The average molecular weight is 159 g/mol.